The first-order valence-electron chi connectivity index (χ1n) is 8.52. The number of nitrogens with zero attached hydrogens (tertiary/aromatic N) is 2. The molecule has 0 fully saturated rings. The Balaban J connectivity index is 2.04. The van der Waals surface area contributed by atoms with E-state index in [1.54, 1.807) is 11.1 Å². The predicted octanol–water partition coefficient (Wildman–Crippen LogP) is 3.28. The summed E-state index contributed by atoms with van der Waals surface area (Å²) in [6.45, 7) is 4.69. The summed E-state index contributed by atoms with van der Waals surface area (Å²) in [4.78, 5) is 30.0. The molecule has 24 heavy (non-hydrogen) atoms. The molecule has 0 aliphatic heterocycles. The molecular weight excluding hydrogens is 302 g/mol. The Morgan fingerprint density at radius 3 is 2.71 bits per heavy atom. The van der Waals surface area contributed by atoms with Crippen LogP contribution in [0.4, 0.5) is 5.69 Å². The van der Waals surface area contributed by atoms with E-state index in [9.17, 15) is 9.59 Å². The summed E-state index contributed by atoms with van der Waals surface area (Å²) >= 11 is 0. The number of hydrogen-bond donors (Lipinski definition) is 1. The molecule has 5 heteroatoms. The van der Waals surface area contributed by atoms with Crippen LogP contribution in [0.25, 0.3) is 10.9 Å². The SMILES string of the molecule is CCCCCNC(=O)CCN(C(C)=O)c1cccc2cccnc12. The van der Waals surface area contributed by atoms with Gasteiger partial charge in [-0.3, -0.25) is 14.6 Å². The fraction of sp³-hybridized carbons (Fsp3) is 0.421. The van der Waals surface area contributed by atoms with Crippen LogP contribution in [0.5, 0.6) is 0 Å². The third-order valence-corrected chi connectivity index (χ3v) is 3.95. The van der Waals surface area contributed by atoms with E-state index < -0.39 is 0 Å². The Labute approximate surface area is 143 Å². The van der Waals surface area contributed by atoms with Crippen molar-refractivity contribution in [1.82, 2.24) is 10.3 Å². The molecule has 1 heterocycles. The molecule has 1 aromatic heterocycles. The number of nitrogens with one attached hydrogen (secondary N) is 1. The van der Waals surface area contributed by atoms with Crippen molar-refractivity contribution in [2.24, 2.45) is 0 Å². The third-order valence-electron chi connectivity index (χ3n) is 3.95. The normalized spacial score (nSPS) is 10.6. The number of unbranched alkanes of at least 4 members (excludes halogenated alkanes) is 2. The molecule has 0 radical (unpaired) electrons. The number of fused-ring (bicyclic) bond motifs is 1. The van der Waals surface area contributed by atoms with Gasteiger partial charge in [0.05, 0.1) is 11.2 Å². The minimum Gasteiger partial charge on any atom is -0.356 e. The van der Waals surface area contributed by atoms with Crippen LogP contribution in [0.15, 0.2) is 36.5 Å². The van der Waals surface area contributed by atoms with E-state index in [2.05, 4.69) is 17.2 Å². The monoisotopic (exact) mass is 327 g/mol. The van der Waals surface area contributed by atoms with E-state index >= 15 is 0 Å². The third kappa shape index (κ3) is 4.78. The van der Waals surface area contributed by atoms with Gasteiger partial charge in [0.25, 0.3) is 0 Å². The van der Waals surface area contributed by atoms with Crippen LogP contribution >= 0.6 is 0 Å². The molecule has 0 aliphatic rings. The lowest BCUT2D eigenvalue weighted by atomic mass is 10.1. The number of benzene rings is 1. The van der Waals surface area contributed by atoms with Crippen LogP contribution in [0.1, 0.15) is 39.5 Å². The zero-order valence-electron chi connectivity index (χ0n) is 14.4. The minimum absolute atomic E-state index is 0.0226. The van der Waals surface area contributed by atoms with Gasteiger partial charge in [-0.2, -0.15) is 0 Å². The van der Waals surface area contributed by atoms with Gasteiger partial charge in [-0.25, -0.2) is 0 Å². The molecule has 2 aromatic rings. The van der Waals surface area contributed by atoms with Crippen molar-refractivity contribution in [2.45, 2.75) is 39.5 Å². The number of carbonyl (C=O) groups excluding carboxylic acids is 2. The van der Waals surface area contributed by atoms with E-state index in [1.165, 1.54) is 6.92 Å². The molecule has 0 spiro atoms. The van der Waals surface area contributed by atoms with E-state index in [0.717, 1.165) is 35.9 Å². The van der Waals surface area contributed by atoms with Crippen LogP contribution in [-0.2, 0) is 9.59 Å². The highest BCUT2D eigenvalue weighted by atomic mass is 16.2. The van der Waals surface area contributed by atoms with E-state index in [4.69, 9.17) is 0 Å². The predicted molar refractivity (Wildman–Crippen MR) is 96.9 cm³/mol. The average molecular weight is 327 g/mol. The smallest absolute Gasteiger partial charge is 0.223 e. The number of amides is 2. The summed E-state index contributed by atoms with van der Waals surface area (Å²) in [5.74, 6) is -0.113. The lowest BCUT2D eigenvalue weighted by molar-refractivity contribution is -0.121. The highest BCUT2D eigenvalue weighted by Crippen LogP contribution is 2.25. The molecule has 2 rings (SSSR count). The molecule has 5 nitrogen and oxygen atoms in total. The molecule has 0 aliphatic carbocycles. The number of hydrogen-bond acceptors (Lipinski definition) is 3. The molecule has 0 saturated heterocycles. The van der Waals surface area contributed by atoms with Crippen LogP contribution < -0.4 is 10.2 Å². The Kier molecular flexibility index (Phi) is 6.73. The van der Waals surface area contributed by atoms with Gasteiger partial charge in [-0.1, -0.05) is 38.0 Å². The number of aromatic nitrogens is 1. The quantitative estimate of drug-likeness (QED) is 0.757. The molecule has 0 bridgehead atoms. The number of rotatable bonds is 8. The van der Waals surface area contributed by atoms with Gasteiger partial charge in [0.15, 0.2) is 0 Å². The maximum absolute atomic E-state index is 12.1. The lowest BCUT2D eigenvalue weighted by Crippen LogP contribution is -2.34. The van der Waals surface area contributed by atoms with Gasteiger partial charge in [0.2, 0.25) is 11.8 Å². The molecule has 0 saturated carbocycles. The van der Waals surface area contributed by atoms with Crippen LogP contribution in [-0.4, -0.2) is 29.9 Å². The zero-order valence-corrected chi connectivity index (χ0v) is 14.4. The van der Waals surface area contributed by atoms with Gasteiger partial charge >= 0.3 is 0 Å². The fourth-order valence-corrected chi connectivity index (χ4v) is 2.66. The van der Waals surface area contributed by atoms with Gasteiger partial charge in [0, 0.05) is 38.0 Å². The topological polar surface area (TPSA) is 62.3 Å². The van der Waals surface area contributed by atoms with Crippen molar-refractivity contribution in [3.8, 4) is 0 Å². The van der Waals surface area contributed by atoms with E-state index in [1.807, 2.05) is 30.3 Å². The van der Waals surface area contributed by atoms with E-state index in [0.29, 0.717) is 13.1 Å². The highest BCUT2D eigenvalue weighted by Gasteiger charge is 2.16. The largest absolute Gasteiger partial charge is 0.356 e. The highest BCUT2D eigenvalue weighted by molar-refractivity contribution is 6.01. The summed E-state index contributed by atoms with van der Waals surface area (Å²) in [7, 11) is 0. The van der Waals surface area contributed by atoms with Crippen molar-refractivity contribution in [3.05, 3.63) is 36.5 Å². The summed E-state index contributed by atoms with van der Waals surface area (Å²) in [5, 5.41) is 3.88. The molecule has 1 aromatic carbocycles. The zero-order chi connectivity index (χ0) is 17.4. The maximum atomic E-state index is 12.1. The number of pyridine rings is 1. The van der Waals surface area contributed by atoms with Gasteiger partial charge in [-0.15, -0.1) is 0 Å². The molecule has 0 unspecified atom stereocenters. The van der Waals surface area contributed by atoms with Gasteiger partial charge < -0.3 is 10.2 Å². The number of anilines is 1. The van der Waals surface area contributed by atoms with Crippen molar-refractivity contribution < 1.29 is 9.59 Å². The van der Waals surface area contributed by atoms with Crippen LogP contribution in [0.3, 0.4) is 0 Å². The van der Waals surface area contributed by atoms with Crippen molar-refractivity contribution >= 4 is 28.4 Å². The summed E-state index contributed by atoms with van der Waals surface area (Å²) in [5.41, 5.74) is 1.53. The molecule has 128 valence electrons. The molecule has 0 atom stereocenters. The number of para-hydroxylation sites is 1. The standard InChI is InChI=1S/C19H25N3O2/c1-3-4-5-12-20-18(24)11-14-22(15(2)23)17-10-6-8-16-9-7-13-21-19(16)17/h6-10,13H,3-5,11-12,14H2,1-2H3,(H,20,24). The van der Waals surface area contributed by atoms with Gasteiger partial charge in [0.1, 0.15) is 0 Å². The maximum Gasteiger partial charge on any atom is 0.223 e. The van der Waals surface area contributed by atoms with E-state index in [-0.39, 0.29) is 18.2 Å². The summed E-state index contributed by atoms with van der Waals surface area (Å²) < 4.78 is 0. The van der Waals surface area contributed by atoms with Crippen molar-refractivity contribution in [1.29, 1.82) is 0 Å². The Morgan fingerprint density at radius 1 is 1.17 bits per heavy atom. The molecular formula is C19H25N3O2. The Bertz CT molecular complexity index is 695. The second kappa shape index (κ2) is 9.01. The summed E-state index contributed by atoms with van der Waals surface area (Å²) in [6.07, 6.45) is 5.23. The Morgan fingerprint density at radius 2 is 1.96 bits per heavy atom. The average Bonchev–Trinajstić information content (AvgIpc) is 2.59. The fourth-order valence-electron chi connectivity index (χ4n) is 2.66. The van der Waals surface area contributed by atoms with Gasteiger partial charge in [-0.05, 0) is 18.6 Å². The second-order valence-corrected chi connectivity index (χ2v) is 5.83. The Hall–Kier alpha value is -2.43. The minimum atomic E-state index is -0.0908. The first-order valence-corrected chi connectivity index (χ1v) is 8.52. The summed E-state index contributed by atoms with van der Waals surface area (Å²) in [6, 6.07) is 9.57. The van der Waals surface area contributed by atoms with Crippen LogP contribution in [0, 0.1) is 0 Å². The number of carbonyl (C=O) groups is 2. The lowest BCUT2D eigenvalue weighted by Gasteiger charge is -2.22. The molecule has 2 amide bonds. The molecule has 1 N–H and O–H groups in total. The first-order chi connectivity index (χ1) is 11.6. The first kappa shape index (κ1) is 17.9. The van der Waals surface area contributed by atoms with Crippen molar-refractivity contribution in [3.63, 3.8) is 0 Å². The van der Waals surface area contributed by atoms with Crippen LogP contribution in [0.2, 0.25) is 0 Å². The van der Waals surface area contributed by atoms with Crippen molar-refractivity contribution in [2.75, 3.05) is 18.0 Å². The second-order valence-electron chi connectivity index (χ2n) is 5.83.